The maximum Gasteiger partial charge on any atom is 0.141 e. The summed E-state index contributed by atoms with van der Waals surface area (Å²) in [6.07, 6.45) is 12.6. The normalized spacial score (nSPS) is 22.0. The third-order valence-electron chi connectivity index (χ3n) is 9.00. The van der Waals surface area contributed by atoms with Gasteiger partial charge in [-0.2, -0.15) is 15.8 Å². The highest BCUT2D eigenvalue weighted by molar-refractivity contribution is 6.10. The van der Waals surface area contributed by atoms with Gasteiger partial charge < -0.3 is 9.13 Å². The van der Waals surface area contributed by atoms with Crippen LogP contribution in [0.1, 0.15) is 49.3 Å². The van der Waals surface area contributed by atoms with Crippen LogP contribution in [0, 0.1) is 45.8 Å². The van der Waals surface area contributed by atoms with Crippen molar-refractivity contribution in [2.45, 2.75) is 38.6 Å². The van der Waals surface area contributed by atoms with E-state index in [1.54, 1.807) is 6.20 Å². The Morgan fingerprint density at radius 1 is 0.925 bits per heavy atom. The van der Waals surface area contributed by atoms with Crippen molar-refractivity contribution in [3.05, 3.63) is 83.6 Å². The van der Waals surface area contributed by atoms with E-state index in [9.17, 15) is 15.8 Å². The molecule has 3 atom stereocenters. The minimum atomic E-state index is -0.467. The Kier molecular flexibility index (Phi) is 5.18. The van der Waals surface area contributed by atoms with Crippen molar-refractivity contribution in [2.75, 3.05) is 0 Å². The van der Waals surface area contributed by atoms with Crippen molar-refractivity contribution in [3.63, 3.8) is 0 Å². The summed E-state index contributed by atoms with van der Waals surface area (Å²) in [6, 6.07) is 18.9. The summed E-state index contributed by atoms with van der Waals surface area (Å²) in [4.78, 5) is 8.87. The number of nitrogens with zero attached hydrogens (tertiary/aromatic N) is 7. The summed E-state index contributed by atoms with van der Waals surface area (Å²) in [5.41, 5.74) is 6.65. The summed E-state index contributed by atoms with van der Waals surface area (Å²) < 4.78 is 4.59. The van der Waals surface area contributed by atoms with E-state index in [1.165, 1.54) is 5.56 Å². The minimum absolute atomic E-state index is 0.00308. The smallest absolute Gasteiger partial charge is 0.141 e. The van der Waals surface area contributed by atoms with Gasteiger partial charge in [0, 0.05) is 34.0 Å². The molecule has 7 heteroatoms. The van der Waals surface area contributed by atoms with Gasteiger partial charge >= 0.3 is 0 Å². The topological polar surface area (TPSA) is 107 Å². The Bertz CT molecular complexity index is 2070. The molecule has 2 unspecified atom stereocenters. The molecular formula is C33H25N7. The number of para-hydroxylation sites is 1. The zero-order valence-corrected chi connectivity index (χ0v) is 22.3. The maximum atomic E-state index is 10.4. The first-order chi connectivity index (χ1) is 19.5. The van der Waals surface area contributed by atoms with Crippen molar-refractivity contribution in [1.29, 1.82) is 15.8 Å². The highest BCUT2D eigenvalue weighted by atomic mass is 15.1. The number of hydrogen-bond donors (Lipinski definition) is 0. The van der Waals surface area contributed by atoms with Gasteiger partial charge in [-0.05, 0) is 61.6 Å². The monoisotopic (exact) mass is 519 g/mol. The van der Waals surface area contributed by atoms with E-state index >= 15 is 0 Å². The van der Waals surface area contributed by atoms with E-state index in [1.807, 2.05) is 30.5 Å². The highest BCUT2D eigenvalue weighted by Crippen LogP contribution is 2.49. The van der Waals surface area contributed by atoms with Gasteiger partial charge in [0.15, 0.2) is 0 Å². The third kappa shape index (κ3) is 3.20. The quantitative estimate of drug-likeness (QED) is 0.259. The molecule has 7 nitrogen and oxygen atoms in total. The number of rotatable bonds is 2. The fourth-order valence-corrected chi connectivity index (χ4v) is 6.89. The van der Waals surface area contributed by atoms with Gasteiger partial charge in [-0.15, -0.1) is 0 Å². The summed E-state index contributed by atoms with van der Waals surface area (Å²) in [5.74, 6) is -0.327. The summed E-state index contributed by atoms with van der Waals surface area (Å²) >= 11 is 0. The van der Waals surface area contributed by atoms with Crippen molar-refractivity contribution >= 4 is 44.5 Å². The van der Waals surface area contributed by atoms with E-state index in [2.05, 4.69) is 81.5 Å². The number of aryl methyl sites for hydroxylation is 1. The molecule has 5 aromatic rings. The van der Waals surface area contributed by atoms with E-state index in [0.29, 0.717) is 17.8 Å². The van der Waals surface area contributed by atoms with E-state index in [4.69, 9.17) is 0 Å². The molecular weight excluding hydrogens is 494 g/mol. The van der Waals surface area contributed by atoms with Gasteiger partial charge in [-0.1, -0.05) is 31.2 Å². The zero-order valence-electron chi connectivity index (χ0n) is 22.3. The van der Waals surface area contributed by atoms with Crippen LogP contribution in [-0.4, -0.2) is 19.1 Å². The van der Waals surface area contributed by atoms with E-state index in [-0.39, 0.29) is 11.8 Å². The Morgan fingerprint density at radius 3 is 2.40 bits per heavy atom. The molecule has 0 spiro atoms. The number of benzene rings is 1. The van der Waals surface area contributed by atoms with Crippen LogP contribution >= 0.6 is 0 Å². The average molecular weight is 520 g/mol. The minimum Gasteiger partial charge on any atom is -0.333 e. The number of pyridine rings is 2. The molecule has 1 aromatic carbocycles. The number of fused-ring (bicyclic) bond motifs is 6. The molecule has 0 saturated heterocycles. The Morgan fingerprint density at radius 2 is 1.65 bits per heavy atom. The van der Waals surface area contributed by atoms with Crippen molar-refractivity contribution < 1.29 is 0 Å². The zero-order chi connectivity index (χ0) is 27.6. The fourth-order valence-electron chi connectivity index (χ4n) is 6.89. The number of allylic oxidation sites excluding steroid dienone is 3. The second-order valence-corrected chi connectivity index (χ2v) is 11.0. The number of hydrogen-bond acceptors (Lipinski definition) is 5. The van der Waals surface area contributed by atoms with E-state index in [0.717, 1.165) is 56.9 Å². The van der Waals surface area contributed by atoms with Gasteiger partial charge in [0.1, 0.15) is 23.5 Å². The van der Waals surface area contributed by atoms with Crippen molar-refractivity contribution in [3.8, 4) is 18.2 Å². The lowest BCUT2D eigenvalue weighted by atomic mass is 9.71. The van der Waals surface area contributed by atoms with Gasteiger partial charge in [-0.25, -0.2) is 9.97 Å². The molecule has 4 heterocycles. The SMILES string of the molecule is CC1C(C#N)C=C(n2c3ccccc3c3cc(C#N)ncc32)C[C@]1(C)n1c2c(c3cc(C#N)ncc31)CCC=C2. The maximum absolute atomic E-state index is 10.4. The van der Waals surface area contributed by atoms with Crippen LogP contribution in [0.2, 0.25) is 0 Å². The third-order valence-corrected chi connectivity index (χ3v) is 9.00. The molecule has 192 valence electrons. The lowest BCUT2D eigenvalue weighted by molar-refractivity contribution is 0.181. The average Bonchev–Trinajstić information content (AvgIpc) is 3.51. The standard InChI is InChI=1S/C33H25N7/c1-20-21(15-34)11-24(39-29-9-5-3-7-25(29)27-12-22(16-35)37-18-31(27)39)14-33(20,2)40-30-10-6-4-8-26(30)28-13-23(17-36)38-19-32(28)40/h3,5-7,9-13,18-21H,4,8,14H2,1-2H3/t20?,21?,33-/m0/s1. The van der Waals surface area contributed by atoms with Gasteiger partial charge in [0.05, 0.1) is 46.5 Å². The molecule has 4 aromatic heterocycles. The van der Waals surface area contributed by atoms with Gasteiger partial charge in [0.25, 0.3) is 0 Å². The second kappa shape index (κ2) is 8.67. The predicted octanol–water partition coefficient (Wildman–Crippen LogP) is 6.68. The van der Waals surface area contributed by atoms with Gasteiger partial charge in [-0.3, -0.25) is 0 Å². The molecule has 2 aliphatic rings. The highest BCUT2D eigenvalue weighted by Gasteiger charge is 2.44. The second-order valence-electron chi connectivity index (χ2n) is 11.0. The van der Waals surface area contributed by atoms with Gasteiger partial charge in [0.2, 0.25) is 0 Å². The fraction of sp³-hybridized carbons (Fsp3) is 0.242. The molecule has 40 heavy (non-hydrogen) atoms. The van der Waals surface area contributed by atoms with Crippen LogP contribution in [0.25, 0.3) is 44.5 Å². The van der Waals surface area contributed by atoms with Crippen LogP contribution in [-0.2, 0) is 12.0 Å². The Hall–Kier alpha value is -5.19. The molecule has 0 radical (unpaired) electrons. The number of aromatic nitrogens is 4. The summed E-state index contributed by atoms with van der Waals surface area (Å²) in [7, 11) is 0. The van der Waals surface area contributed by atoms with Crippen LogP contribution in [0.4, 0.5) is 0 Å². The lowest BCUT2D eigenvalue weighted by Gasteiger charge is -2.44. The summed E-state index contributed by atoms with van der Waals surface area (Å²) in [6.45, 7) is 4.41. The molecule has 0 N–H and O–H groups in total. The molecule has 7 rings (SSSR count). The first kappa shape index (κ1) is 23.9. The first-order valence-electron chi connectivity index (χ1n) is 13.5. The van der Waals surface area contributed by atoms with Crippen LogP contribution in [0.5, 0.6) is 0 Å². The molecule has 0 fully saturated rings. The van der Waals surface area contributed by atoms with Crippen molar-refractivity contribution in [1.82, 2.24) is 19.1 Å². The Balaban J connectivity index is 1.50. The first-order valence-corrected chi connectivity index (χ1v) is 13.5. The molecule has 0 saturated carbocycles. The van der Waals surface area contributed by atoms with Crippen LogP contribution in [0.3, 0.4) is 0 Å². The predicted molar refractivity (Wildman–Crippen MR) is 155 cm³/mol. The molecule has 0 aliphatic heterocycles. The van der Waals surface area contributed by atoms with Crippen molar-refractivity contribution in [2.24, 2.45) is 11.8 Å². The molecule has 0 amide bonds. The Labute approximate surface area is 231 Å². The number of nitriles is 3. The summed E-state index contributed by atoms with van der Waals surface area (Å²) in [5, 5.41) is 32.6. The van der Waals surface area contributed by atoms with Crippen LogP contribution in [0.15, 0.2) is 60.9 Å². The molecule has 0 bridgehead atoms. The lowest BCUT2D eigenvalue weighted by Crippen LogP contribution is -2.44. The van der Waals surface area contributed by atoms with E-state index < -0.39 is 5.54 Å². The molecule has 2 aliphatic carbocycles. The van der Waals surface area contributed by atoms with Crippen LogP contribution < -0.4 is 0 Å². The largest absolute Gasteiger partial charge is 0.333 e.